The van der Waals surface area contributed by atoms with E-state index in [4.69, 9.17) is 26.4 Å². The summed E-state index contributed by atoms with van der Waals surface area (Å²) in [4.78, 5) is 0. The topological polar surface area (TPSA) is 105 Å². The van der Waals surface area contributed by atoms with Crippen LogP contribution in [0.25, 0.3) is 0 Å². The summed E-state index contributed by atoms with van der Waals surface area (Å²) in [5.41, 5.74) is 12.5. The monoisotopic (exact) mass is 301 g/mol. The largest absolute Gasteiger partial charge is 0.411 e. The van der Waals surface area contributed by atoms with E-state index in [-0.39, 0.29) is 17.7 Å². The van der Waals surface area contributed by atoms with Crippen molar-refractivity contribution >= 4 is 14.0 Å². The Morgan fingerprint density at radius 2 is 1.95 bits per heavy atom. The summed E-state index contributed by atoms with van der Waals surface area (Å²) >= 11 is 0. The minimum atomic E-state index is -1.81. The lowest BCUT2D eigenvalue weighted by Crippen LogP contribution is -2.41. The summed E-state index contributed by atoms with van der Waals surface area (Å²) < 4.78 is 5.99. The van der Waals surface area contributed by atoms with Crippen molar-refractivity contribution in [1.29, 1.82) is 5.41 Å². The summed E-state index contributed by atoms with van der Waals surface area (Å²) in [6.07, 6.45) is 2.74. The number of aliphatic hydroxyl groups is 1. The maximum atomic E-state index is 8.83. The molecule has 0 heterocycles. The Morgan fingerprint density at radius 1 is 1.40 bits per heavy atom. The Hall–Kier alpha value is -0.693. The molecule has 0 fully saturated rings. The van der Waals surface area contributed by atoms with Crippen LogP contribution in [0, 0.1) is 5.41 Å². The molecule has 0 amide bonds. The molecule has 0 rings (SSSR count). The molecule has 118 valence electrons. The highest BCUT2D eigenvalue weighted by atomic mass is 28.4. The van der Waals surface area contributed by atoms with Gasteiger partial charge in [-0.2, -0.15) is 0 Å². The lowest BCUT2D eigenvalue weighted by molar-refractivity contribution is 0.261. The van der Waals surface area contributed by atoms with Gasteiger partial charge in [-0.25, -0.2) is 0 Å². The fourth-order valence-corrected chi connectivity index (χ4v) is 2.21. The maximum absolute atomic E-state index is 8.83. The maximum Gasteiger partial charge on any atom is 0.192 e. The normalized spacial score (nSPS) is 15.2. The Morgan fingerprint density at radius 3 is 2.40 bits per heavy atom. The van der Waals surface area contributed by atoms with Gasteiger partial charge in [-0.05, 0) is 37.0 Å². The predicted octanol–water partition coefficient (Wildman–Crippen LogP) is 1.97. The van der Waals surface area contributed by atoms with E-state index in [2.05, 4.69) is 33.9 Å². The third kappa shape index (κ3) is 7.19. The van der Waals surface area contributed by atoms with E-state index in [0.717, 1.165) is 0 Å². The summed E-state index contributed by atoms with van der Waals surface area (Å²) in [5.74, 6) is 0. The van der Waals surface area contributed by atoms with Gasteiger partial charge < -0.3 is 26.4 Å². The lowest BCUT2D eigenvalue weighted by Gasteiger charge is -2.36. The zero-order valence-electron chi connectivity index (χ0n) is 13.5. The second-order valence-corrected chi connectivity index (χ2v) is 11.6. The van der Waals surface area contributed by atoms with Gasteiger partial charge in [-0.3, -0.25) is 0 Å². The van der Waals surface area contributed by atoms with E-state index in [9.17, 15) is 0 Å². The molecule has 0 aliphatic rings. The van der Waals surface area contributed by atoms with Crippen molar-refractivity contribution in [1.82, 2.24) is 0 Å². The number of allylic oxidation sites excluding steroid dienone is 1. The molecule has 0 aliphatic heterocycles. The van der Waals surface area contributed by atoms with Gasteiger partial charge in [0.25, 0.3) is 0 Å². The van der Waals surface area contributed by atoms with Crippen LogP contribution in [0.1, 0.15) is 33.6 Å². The molecular weight excluding hydrogens is 270 g/mol. The Bertz CT molecular complexity index is 349. The van der Waals surface area contributed by atoms with Crippen LogP contribution in [-0.2, 0) is 4.43 Å². The highest BCUT2D eigenvalue weighted by molar-refractivity contribution is 6.74. The third-order valence-corrected chi connectivity index (χ3v) is 8.26. The first-order chi connectivity index (χ1) is 8.99. The van der Waals surface area contributed by atoms with Crippen LogP contribution in [-0.4, -0.2) is 38.4 Å². The molecular formula is C14H31N3O2Si. The second-order valence-electron chi connectivity index (χ2n) is 6.77. The van der Waals surface area contributed by atoms with Crippen LogP contribution in [0.4, 0.5) is 0 Å². The molecule has 20 heavy (non-hydrogen) atoms. The van der Waals surface area contributed by atoms with Crippen LogP contribution in [0.5, 0.6) is 0 Å². The van der Waals surface area contributed by atoms with Crippen molar-refractivity contribution in [3.8, 4) is 0 Å². The van der Waals surface area contributed by atoms with Crippen molar-refractivity contribution in [3.63, 3.8) is 0 Å². The van der Waals surface area contributed by atoms with Crippen molar-refractivity contribution in [2.75, 3.05) is 13.2 Å². The molecule has 0 aromatic heterocycles. The molecule has 0 saturated carbocycles. The van der Waals surface area contributed by atoms with Gasteiger partial charge in [0.1, 0.15) is 0 Å². The fourth-order valence-electron chi connectivity index (χ4n) is 1.25. The van der Waals surface area contributed by atoms with Gasteiger partial charge in [0.2, 0.25) is 0 Å². The standard InChI is InChI=1S/C14H31N3O2Si/c1-14(2,3)20(4,5)19-10-13(17)8-11(15)6-7-12(16)9-18/h8,12,15,18H,6-7,9-10,16-17H2,1-5H3/t12-/m0/s1. The number of hydrogen-bond donors (Lipinski definition) is 4. The second kappa shape index (κ2) is 7.92. The first-order valence-electron chi connectivity index (χ1n) is 7.03. The zero-order chi connectivity index (χ0) is 16.0. The first kappa shape index (κ1) is 19.3. The average molecular weight is 302 g/mol. The quantitative estimate of drug-likeness (QED) is 0.406. The summed E-state index contributed by atoms with van der Waals surface area (Å²) in [6.45, 7) is 11.2. The molecule has 0 saturated heterocycles. The minimum Gasteiger partial charge on any atom is -0.411 e. The highest BCUT2D eigenvalue weighted by Crippen LogP contribution is 2.36. The van der Waals surface area contributed by atoms with Gasteiger partial charge in [-0.15, -0.1) is 0 Å². The van der Waals surface area contributed by atoms with Gasteiger partial charge >= 0.3 is 0 Å². The van der Waals surface area contributed by atoms with E-state index in [1.807, 2.05) is 0 Å². The van der Waals surface area contributed by atoms with Crippen LogP contribution in [0.3, 0.4) is 0 Å². The number of aliphatic hydroxyl groups excluding tert-OH is 1. The molecule has 0 aromatic rings. The summed E-state index contributed by atoms with van der Waals surface area (Å²) in [6, 6.07) is -0.270. The number of nitrogens with one attached hydrogen (secondary N) is 1. The lowest BCUT2D eigenvalue weighted by atomic mass is 10.1. The van der Waals surface area contributed by atoms with Crippen LogP contribution >= 0.6 is 0 Å². The van der Waals surface area contributed by atoms with Crippen LogP contribution in [0.2, 0.25) is 18.1 Å². The predicted molar refractivity (Wildman–Crippen MR) is 87.4 cm³/mol. The third-order valence-electron chi connectivity index (χ3n) is 3.78. The number of hydrogen-bond acceptors (Lipinski definition) is 5. The first-order valence-corrected chi connectivity index (χ1v) is 9.94. The van der Waals surface area contributed by atoms with Gasteiger partial charge in [0.05, 0.1) is 13.2 Å². The molecule has 6 heteroatoms. The van der Waals surface area contributed by atoms with Gasteiger partial charge in [0.15, 0.2) is 8.32 Å². The molecule has 0 aromatic carbocycles. The Kier molecular flexibility index (Phi) is 7.65. The van der Waals surface area contributed by atoms with E-state index >= 15 is 0 Å². The molecule has 0 unspecified atom stereocenters. The Labute approximate surface area is 124 Å². The Balaban J connectivity index is 4.30. The minimum absolute atomic E-state index is 0.0546. The van der Waals surface area contributed by atoms with E-state index < -0.39 is 8.32 Å². The van der Waals surface area contributed by atoms with Crippen LogP contribution in [0.15, 0.2) is 11.8 Å². The number of nitrogens with two attached hydrogens (primary N) is 2. The van der Waals surface area contributed by atoms with E-state index in [0.29, 0.717) is 30.9 Å². The molecule has 1 atom stereocenters. The van der Waals surface area contributed by atoms with E-state index in [1.165, 1.54) is 0 Å². The SMILES string of the molecule is CC(C)(C)[Si](C)(C)OCC(N)=CC(=N)CC[C@H](N)CO. The molecule has 0 bridgehead atoms. The molecule has 0 radical (unpaired) electrons. The number of rotatable bonds is 8. The fraction of sp³-hybridized carbons (Fsp3) is 0.786. The summed E-state index contributed by atoms with van der Waals surface area (Å²) in [5, 5.41) is 16.8. The summed E-state index contributed by atoms with van der Waals surface area (Å²) in [7, 11) is -1.81. The van der Waals surface area contributed by atoms with E-state index in [1.54, 1.807) is 6.08 Å². The molecule has 6 N–H and O–H groups in total. The molecule has 5 nitrogen and oxygen atoms in total. The van der Waals surface area contributed by atoms with Crippen molar-refractivity contribution in [3.05, 3.63) is 11.8 Å². The van der Waals surface area contributed by atoms with Gasteiger partial charge in [0, 0.05) is 17.5 Å². The van der Waals surface area contributed by atoms with Crippen LogP contribution < -0.4 is 11.5 Å². The molecule has 0 aliphatic carbocycles. The average Bonchev–Trinajstić information content (AvgIpc) is 2.32. The van der Waals surface area contributed by atoms with Crippen molar-refractivity contribution < 1.29 is 9.53 Å². The highest BCUT2D eigenvalue weighted by Gasteiger charge is 2.37. The smallest absolute Gasteiger partial charge is 0.192 e. The van der Waals surface area contributed by atoms with Crippen molar-refractivity contribution in [2.24, 2.45) is 11.5 Å². The molecule has 0 spiro atoms. The van der Waals surface area contributed by atoms with Gasteiger partial charge in [-0.1, -0.05) is 20.8 Å². The zero-order valence-corrected chi connectivity index (χ0v) is 14.5. The van der Waals surface area contributed by atoms with Crippen molar-refractivity contribution in [2.45, 2.75) is 57.8 Å².